The lowest BCUT2D eigenvalue weighted by Gasteiger charge is -2.16. The predicted octanol–water partition coefficient (Wildman–Crippen LogP) is 2.25. The van der Waals surface area contributed by atoms with Crippen LogP contribution in [0.4, 0.5) is 0 Å². The van der Waals surface area contributed by atoms with Gasteiger partial charge < -0.3 is 19.9 Å². The molecule has 5 heteroatoms. The van der Waals surface area contributed by atoms with Crippen molar-refractivity contribution in [2.45, 2.75) is 25.0 Å². The van der Waals surface area contributed by atoms with E-state index in [0.717, 1.165) is 28.6 Å². The minimum Gasteiger partial charge on any atom is -0.493 e. The molecule has 0 heterocycles. The Morgan fingerprint density at radius 1 is 1.50 bits per heavy atom. The van der Waals surface area contributed by atoms with Crippen LogP contribution in [0.15, 0.2) is 16.6 Å². The van der Waals surface area contributed by atoms with Gasteiger partial charge in [-0.3, -0.25) is 0 Å². The van der Waals surface area contributed by atoms with E-state index in [1.165, 1.54) is 0 Å². The van der Waals surface area contributed by atoms with Crippen LogP contribution in [0.5, 0.6) is 11.5 Å². The number of aliphatic hydroxyl groups is 1. The molecule has 18 heavy (non-hydrogen) atoms. The van der Waals surface area contributed by atoms with Gasteiger partial charge in [-0.1, -0.05) is 0 Å². The van der Waals surface area contributed by atoms with Crippen LogP contribution in [0.3, 0.4) is 0 Å². The van der Waals surface area contributed by atoms with Crippen LogP contribution >= 0.6 is 15.9 Å². The molecule has 0 aliphatic heterocycles. The SMILES string of the molecule is CNCC(O)c1cc(Br)c(OC2CC2)c(OC)c1. The number of benzene rings is 1. The summed E-state index contributed by atoms with van der Waals surface area (Å²) in [7, 11) is 3.41. The van der Waals surface area contributed by atoms with Crippen molar-refractivity contribution in [2.24, 2.45) is 0 Å². The summed E-state index contributed by atoms with van der Waals surface area (Å²) < 4.78 is 12.0. The van der Waals surface area contributed by atoms with E-state index in [4.69, 9.17) is 9.47 Å². The van der Waals surface area contributed by atoms with E-state index in [0.29, 0.717) is 18.4 Å². The van der Waals surface area contributed by atoms with Crippen molar-refractivity contribution in [3.63, 3.8) is 0 Å². The van der Waals surface area contributed by atoms with Crippen LogP contribution in [0.1, 0.15) is 24.5 Å². The molecule has 4 nitrogen and oxygen atoms in total. The van der Waals surface area contributed by atoms with Crippen LogP contribution in [0, 0.1) is 0 Å². The normalized spacial score (nSPS) is 16.4. The fraction of sp³-hybridized carbons (Fsp3) is 0.538. The van der Waals surface area contributed by atoms with Crippen LogP contribution in [0.25, 0.3) is 0 Å². The van der Waals surface area contributed by atoms with Crippen molar-refractivity contribution in [2.75, 3.05) is 20.7 Å². The van der Waals surface area contributed by atoms with Gasteiger partial charge in [0.15, 0.2) is 11.5 Å². The van der Waals surface area contributed by atoms with Crippen molar-refractivity contribution >= 4 is 15.9 Å². The molecule has 0 aromatic heterocycles. The highest BCUT2D eigenvalue weighted by molar-refractivity contribution is 9.10. The molecule has 1 saturated carbocycles. The summed E-state index contributed by atoms with van der Waals surface area (Å²) in [5.74, 6) is 1.38. The molecule has 2 N–H and O–H groups in total. The molecule has 100 valence electrons. The maximum Gasteiger partial charge on any atom is 0.175 e. The number of ether oxygens (including phenoxy) is 2. The van der Waals surface area contributed by atoms with Crippen LogP contribution in [-0.4, -0.2) is 31.9 Å². The quantitative estimate of drug-likeness (QED) is 0.845. The molecule has 0 bridgehead atoms. The molecular weight excluding hydrogens is 298 g/mol. The molecule has 0 amide bonds. The summed E-state index contributed by atoms with van der Waals surface area (Å²) in [6.45, 7) is 0.498. The second-order valence-corrected chi connectivity index (χ2v) is 5.28. The Bertz CT molecular complexity index is 421. The van der Waals surface area contributed by atoms with Gasteiger partial charge in [0.05, 0.1) is 23.8 Å². The summed E-state index contributed by atoms with van der Waals surface area (Å²) in [4.78, 5) is 0. The molecule has 1 aliphatic carbocycles. The summed E-state index contributed by atoms with van der Waals surface area (Å²) in [6.07, 6.45) is 1.94. The zero-order valence-corrected chi connectivity index (χ0v) is 12.2. The van der Waals surface area contributed by atoms with Crippen LogP contribution < -0.4 is 14.8 Å². The van der Waals surface area contributed by atoms with E-state index in [1.807, 2.05) is 12.1 Å². The third-order valence-electron chi connectivity index (χ3n) is 2.84. The van der Waals surface area contributed by atoms with Gasteiger partial charge in [-0.25, -0.2) is 0 Å². The van der Waals surface area contributed by atoms with Crippen molar-refractivity contribution in [1.82, 2.24) is 5.32 Å². The number of rotatable bonds is 6. The van der Waals surface area contributed by atoms with Gasteiger partial charge in [-0.15, -0.1) is 0 Å². The number of nitrogens with one attached hydrogen (secondary N) is 1. The molecule has 1 unspecified atom stereocenters. The molecule has 0 radical (unpaired) electrons. The predicted molar refractivity (Wildman–Crippen MR) is 73.2 cm³/mol. The lowest BCUT2D eigenvalue weighted by atomic mass is 10.1. The summed E-state index contributed by atoms with van der Waals surface area (Å²) in [5, 5.41) is 12.9. The summed E-state index contributed by atoms with van der Waals surface area (Å²) in [5.41, 5.74) is 0.802. The molecule has 0 spiro atoms. The Kier molecular flexibility index (Phi) is 4.48. The Hall–Kier alpha value is -0.780. The second-order valence-electron chi connectivity index (χ2n) is 4.42. The van der Waals surface area contributed by atoms with E-state index < -0.39 is 6.10 Å². The zero-order chi connectivity index (χ0) is 13.1. The van der Waals surface area contributed by atoms with Gasteiger partial charge in [0.1, 0.15) is 0 Å². The first kappa shape index (κ1) is 13.6. The molecule has 1 atom stereocenters. The number of methoxy groups -OCH3 is 1. The maximum absolute atomic E-state index is 9.97. The standard InChI is InChI=1S/C13H18BrNO3/c1-15-7-11(16)8-5-10(14)13(12(6-8)17-2)18-9-3-4-9/h5-6,9,11,15-16H,3-4,7H2,1-2H3. The fourth-order valence-electron chi connectivity index (χ4n) is 1.71. The van der Waals surface area contributed by atoms with Gasteiger partial charge in [0, 0.05) is 6.54 Å². The monoisotopic (exact) mass is 315 g/mol. The Morgan fingerprint density at radius 3 is 2.78 bits per heavy atom. The first-order valence-electron chi connectivity index (χ1n) is 6.02. The number of aliphatic hydroxyl groups excluding tert-OH is 1. The maximum atomic E-state index is 9.97. The van der Waals surface area contributed by atoms with Gasteiger partial charge in [-0.2, -0.15) is 0 Å². The van der Waals surface area contributed by atoms with E-state index in [1.54, 1.807) is 14.2 Å². The Balaban J connectivity index is 2.26. The average Bonchev–Trinajstić information content (AvgIpc) is 3.15. The minimum atomic E-state index is -0.560. The van der Waals surface area contributed by atoms with E-state index >= 15 is 0 Å². The van der Waals surface area contributed by atoms with E-state index in [2.05, 4.69) is 21.2 Å². The molecular formula is C13H18BrNO3. The third-order valence-corrected chi connectivity index (χ3v) is 3.43. The number of hydrogen-bond acceptors (Lipinski definition) is 4. The molecule has 1 aromatic carbocycles. The van der Waals surface area contributed by atoms with Crippen molar-refractivity contribution < 1.29 is 14.6 Å². The number of hydrogen-bond donors (Lipinski definition) is 2. The first-order chi connectivity index (χ1) is 8.65. The van der Waals surface area contributed by atoms with Gasteiger partial charge in [0.25, 0.3) is 0 Å². The fourth-order valence-corrected chi connectivity index (χ4v) is 2.26. The molecule has 2 rings (SSSR count). The van der Waals surface area contributed by atoms with Gasteiger partial charge in [0.2, 0.25) is 0 Å². The Morgan fingerprint density at radius 2 is 2.22 bits per heavy atom. The first-order valence-corrected chi connectivity index (χ1v) is 6.81. The second kappa shape index (κ2) is 5.91. The lowest BCUT2D eigenvalue weighted by molar-refractivity contribution is 0.177. The summed E-state index contributed by atoms with van der Waals surface area (Å²) in [6, 6.07) is 3.70. The zero-order valence-electron chi connectivity index (χ0n) is 10.6. The molecule has 1 aliphatic rings. The lowest BCUT2D eigenvalue weighted by Crippen LogP contribution is -2.16. The van der Waals surface area contributed by atoms with Crippen LogP contribution in [0.2, 0.25) is 0 Å². The highest BCUT2D eigenvalue weighted by Gasteiger charge is 2.26. The van der Waals surface area contributed by atoms with Crippen LogP contribution in [-0.2, 0) is 0 Å². The third kappa shape index (κ3) is 3.16. The molecule has 0 saturated heterocycles. The van der Waals surface area contributed by atoms with E-state index in [9.17, 15) is 5.11 Å². The van der Waals surface area contributed by atoms with Crippen molar-refractivity contribution in [3.05, 3.63) is 22.2 Å². The van der Waals surface area contributed by atoms with Crippen molar-refractivity contribution in [1.29, 1.82) is 0 Å². The van der Waals surface area contributed by atoms with Gasteiger partial charge in [-0.05, 0) is 53.5 Å². The average molecular weight is 316 g/mol. The number of halogens is 1. The minimum absolute atomic E-state index is 0.309. The smallest absolute Gasteiger partial charge is 0.175 e. The highest BCUT2D eigenvalue weighted by Crippen LogP contribution is 2.41. The van der Waals surface area contributed by atoms with Crippen molar-refractivity contribution in [3.8, 4) is 11.5 Å². The Labute approximate surface area is 115 Å². The van der Waals surface area contributed by atoms with E-state index in [-0.39, 0.29) is 0 Å². The molecule has 1 aromatic rings. The molecule has 1 fully saturated rings. The summed E-state index contributed by atoms with van der Waals surface area (Å²) >= 11 is 3.48. The number of likely N-dealkylation sites (N-methyl/N-ethyl adjacent to an activating group) is 1. The topological polar surface area (TPSA) is 50.7 Å². The highest BCUT2D eigenvalue weighted by atomic mass is 79.9. The van der Waals surface area contributed by atoms with Gasteiger partial charge >= 0.3 is 0 Å². The largest absolute Gasteiger partial charge is 0.493 e.